The first-order valence-corrected chi connectivity index (χ1v) is 10.6. The maximum absolute atomic E-state index is 13.2. The summed E-state index contributed by atoms with van der Waals surface area (Å²) in [7, 11) is -4.82. The van der Waals surface area contributed by atoms with Crippen LogP contribution < -0.4 is 5.43 Å². The van der Waals surface area contributed by atoms with E-state index in [4.69, 9.17) is 0 Å². The molecule has 2 N–H and O–H groups in total. The Balaban J connectivity index is 2.02. The van der Waals surface area contributed by atoms with Crippen molar-refractivity contribution >= 4 is 22.2 Å². The Morgan fingerprint density at radius 3 is 2.31 bits per heavy atom. The second-order valence-corrected chi connectivity index (χ2v) is 8.18. The standard InChI is InChI=1S/C22H17F3N2O4S/c1-14-6-2-4-8-17(14)21(28)27-26-13-15-7-3-5-9-18(15)19-12-16(22(23,24)25)10-11-20(19)32(29,30)31/h2-13H,1H3,(H,27,28)(H,29,30,31). The largest absolute Gasteiger partial charge is 0.416 e. The van der Waals surface area contributed by atoms with Gasteiger partial charge in [-0.15, -0.1) is 0 Å². The fraction of sp³-hybridized carbons (Fsp3) is 0.0909. The predicted octanol–water partition coefficient (Wildman–Crippen LogP) is 4.69. The Bertz CT molecular complexity index is 1300. The van der Waals surface area contributed by atoms with Gasteiger partial charge in [0.25, 0.3) is 16.0 Å². The van der Waals surface area contributed by atoms with E-state index in [1.165, 1.54) is 24.4 Å². The van der Waals surface area contributed by atoms with Crippen molar-refractivity contribution in [1.82, 2.24) is 5.43 Å². The molecule has 0 aromatic heterocycles. The second kappa shape index (κ2) is 8.93. The van der Waals surface area contributed by atoms with Crippen LogP contribution in [0.1, 0.15) is 27.0 Å². The molecule has 0 spiro atoms. The Morgan fingerprint density at radius 1 is 1.00 bits per heavy atom. The molecule has 0 aliphatic heterocycles. The minimum absolute atomic E-state index is 0.0696. The average molecular weight is 462 g/mol. The lowest BCUT2D eigenvalue weighted by atomic mass is 9.98. The summed E-state index contributed by atoms with van der Waals surface area (Å²) in [5.74, 6) is -0.491. The SMILES string of the molecule is Cc1ccccc1C(=O)NN=Cc1ccccc1-c1cc(C(F)(F)F)ccc1S(=O)(=O)O. The van der Waals surface area contributed by atoms with Crippen molar-refractivity contribution < 1.29 is 30.9 Å². The van der Waals surface area contributed by atoms with Crippen LogP contribution in [0.5, 0.6) is 0 Å². The normalized spacial score (nSPS) is 12.2. The Labute approximate surface area is 182 Å². The van der Waals surface area contributed by atoms with E-state index < -0.39 is 32.7 Å². The monoisotopic (exact) mass is 462 g/mol. The van der Waals surface area contributed by atoms with Crippen LogP contribution in [0.15, 0.2) is 76.7 Å². The minimum atomic E-state index is -4.82. The molecule has 0 aliphatic carbocycles. The van der Waals surface area contributed by atoms with Crippen molar-refractivity contribution in [2.24, 2.45) is 5.10 Å². The van der Waals surface area contributed by atoms with Crippen LogP contribution in [0.25, 0.3) is 11.1 Å². The first kappa shape index (κ1) is 23.2. The van der Waals surface area contributed by atoms with Crippen LogP contribution in [0.2, 0.25) is 0 Å². The number of carbonyl (C=O) groups is 1. The van der Waals surface area contributed by atoms with Gasteiger partial charge in [0.1, 0.15) is 4.90 Å². The highest BCUT2D eigenvalue weighted by Gasteiger charge is 2.32. The third-order valence-corrected chi connectivity index (χ3v) is 5.51. The van der Waals surface area contributed by atoms with Gasteiger partial charge in [-0.2, -0.15) is 26.7 Å². The lowest BCUT2D eigenvalue weighted by Crippen LogP contribution is -2.18. The van der Waals surface area contributed by atoms with E-state index in [1.807, 2.05) is 0 Å². The number of hydrazone groups is 1. The van der Waals surface area contributed by atoms with Crippen molar-refractivity contribution in [2.75, 3.05) is 0 Å². The van der Waals surface area contributed by atoms with Gasteiger partial charge in [-0.05, 0) is 42.3 Å². The van der Waals surface area contributed by atoms with E-state index >= 15 is 0 Å². The number of carbonyl (C=O) groups excluding carboxylic acids is 1. The Kier molecular flexibility index (Phi) is 6.47. The van der Waals surface area contributed by atoms with Crippen LogP contribution in [-0.4, -0.2) is 25.1 Å². The maximum atomic E-state index is 13.2. The van der Waals surface area contributed by atoms with Gasteiger partial charge in [0.05, 0.1) is 11.8 Å². The molecule has 32 heavy (non-hydrogen) atoms. The highest BCUT2D eigenvalue weighted by molar-refractivity contribution is 7.86. The van der Waals surface area contributed by atoms with Crippen molar-refractivity contribution in [3.8, 4) is 11.1 Å². The molecular formula is C22H17F3N2O4S. The van der Waals surface area contributed by atoms with Crippen LogP contribution in [0.4, 0.5) is 13.2 Å². The lowest BCUT2D eigenvalue weighted by molar-refractivity contribution is -0.137. The summed E-state index contributed by atoms with van der Waals surface area (Å²) >= 11 is 0. The molecule has 3 aromatic rings. The molecule has 0 radical (unpaired) electrons. The number of aryl methyl sites for hydroxylation is 1. The molecule has 1 amide bonds. The summed E-state index contributed by atoms with van der Waals surface area (Å²) in [5, 5.41) is 3.85. The van der Waals surface area contributed by atoms with Crippen LogP contribution in [0, 0.1) is 6.92 Å². The third kappa shape index (κ3) is 5.21. The minimum Gasteiger partial charge on any atom is -0.282 e. The van der Waals surface area contributed by atoms with E-state index in [0.717, 1.165) is 5.56 Å². The van der Waals surface area contributed by atoms with Gasteiger partial charge in [0.2, 0.25) is 0 Å². The summed E-state index contributed by atoms with van der Waals surface area (Å²) < 4.78 is 72.7. The highest BCUT2D eigenvalue weighted by atomic mass is 32.2. The molecule has 0 fully saturated rings. The molecule has 0 bridgehead atoms. The molecule has 6 nitrogen and oxygen atoms in total. The van der Waals surface area contributed by atoms with E-state index in [-0.39, 0.29) is 16.7 Å². The zero-order chi connectivity index (χ0) is 23.5. The lowest BCUT2D eigenvalue weighted by Gasteiger charge is -2.14. The van der Waals surface area contributed by atoms with E-state index in [2.05, 4.69) is 10.5 Å². The van der Waals surface area contributed by atoms with E-state index in [9.17, 15) is 30.9 Å². The number of hydrogen-bond donors (Lipinski definition) is 2. The van der Waals surface area contributed by atoms with Crippen molar-refractivity contribution in [3.63, 3.8) is 0 Å². The van der Waals surface area contributed by atoms with Crippen LogP contribution >= 0.6 is 0 Å². The predicted molar refractivity (Wildman–Crippen MR) is 113 cm³/mol. The maximum Gasteiger partial charge on any atom is 0.416 e. The third-order valence-electron chi connectivity index (χ3n) is 4.60. The van der Waals surface area contributed by atoms with Gasteiger partial charge in [0.15, 0.2) is 0 Å². The molecule has 166 valence electrons. The summed E-state index contributed by atoms with van der Waals surface area (Å²) in [6.07, 6.45) is -3.55. The smallest absolute Gasteiger partial charge is 0.282 e. The molecule has 0 heterocycles. The van der Waals surface area contributed by atoms with E-state index in [0.29, 0.717) is 23.8 Å². The summed E-state index contributed by atoms with van der Waals surface area (Å²) in [4.78, 5) is 11.6. The van der Waals surface area contributed by atoms with Gasteiger partial charge >= 0.3 is 6.18 Å². The molecule has 0 aliphatic rings. The summed E-state index contributed by atoms with van der Waals surface area (Å²) in [5.41, 5.74) is 2.31. The zero-order valence-corrected chi connectivity index (χ0v) is 17.4. The molecule has 3 rings (SSSR count). The number of rotatable bonds is 5. The topological polar surface area (TPSA) is 95.8 Å². The zero-order valence-electron chi connectivity index (χ0n) is 16.6. The number of alkyl halides is 3. The Morgan fingerprint density at radius 2 is 1.66 bits per heavy atom. The molecule has 10 heteroatoms. The summed E-state index contributed by atoms with van der Waals surface area (Å²) in [6, 6.07) is 14.6. The second-order valence-electron chi connectivity index (χ2n) is 6.79. The first-order chi connectivity index (χ1) is 15.0. The van der Waals surface area contributed by atoms with Gasteiger partial charge in [0, 0.05) is 16.7 Å². The number of benzene rings is 3. The average Bonchev–Trinajstić information content (AvgIpc) is 2.72. The summed E-state index contributed by atoms with van der Waals surface area (Å²) in [6.45, 7) is 1.75. The fourth-order valence-electron chi connectivity index (χ4n) is 3.04. The van der Waals surface area contributed by atoms with Gasteiger partial charge < -0.3 is 0 Å². The molecule has 0 atom stereocenters. The molecule has 0 saturated carbocycles. The number of halogens is 3. The van der Waals surface area contributed by atoms with Crippen molar-refractivity contribution in [3.05, 3.63) is 89.0 Å². The highest BCUT2D eigenvalue weighted by Crippen LogP contribution is 2.36. The molecule has 0 unspecified atom stereocenters. The molecular weight excluding hydrogens is 445 g/mol. The van der Waals surface area contributed by atoms with Gasteiger partial charge in [-0.3, -0.25) is 9.35 Å². The van der Waals surface area contributed by atoms with Crippen LogP contribution in [-0.2, 0) is 16.3 Å². The van der Waals surface area contributed by atoms with Crippen LogP contribution in [0.3, 0.4) is 0 Å². The quantitative estimate of drug-likeness (QED) is 0.327. The number of nitrogens with zero attached hydrogens (tertiary/aromatic N) is 1. The van der Waals surface area contributed by atoms with E-state index in [1.54, 1.807) is 37.3 Å². The number of hydrogen-bond acceptors (Lipinski definition) is 4. The molecule has 0 saturated heterocycles. The first-order valence-electron chi connectivity index (χ1n) is 9.15. The van der Waals surface area contributed by atoms with Gasteiger partial charge in [-0.25, -0.2) is 5.43 Å². The van der Waals surface area contributed by atoms with Crippen molar-refractivity contribution in [1.29, 1.82) is 0 Å². The molecule has 3 aromatic carbocycles. The Hall–Kier alpha value is -3.50. The fourth-order valence-corrected chi connectivity index (χ4v) is 3.73. The van der Waals surface area contributed by atoms with Gasteiger partial charge in [-0.1, -0.05) is 42.5 Å². The number of nitrogens with one attached hydrogen (secondary N) is 1. The van der Waals surface area contributed by atoms with Crippen molar-refractivity contribution in [2.45, 2.75) is 18.0 Å². The number of amides is 1.